The van der Waals surface area contributed by atoms with Crippen molar-refractivity contribution in [2.24, 2.45) is 5.41 Å². The van der Waals surface area contributed by atoms with Crippen molar-refractivity contribution in [2.75, 3.05) is 11.4 Å². The van der Waals surface area contributed by atoms with E-state index in [1.54, 1.807) is 13.8 Å². The van der Waals surface area contributed by atoms with Gasteiger partial charge >= 0.3 is 12.0 Å². The number of urea groups is 1. The van der Waals surface area contributed by atoms with Gasteiger partial charge < -0.3 is 15.3 Å². The largest absolute Gasteiger partial charge is 0.481 e. The van der Waals surface area contributed by atoms with Crippen LogP contribution >= 0.6 is 0 Å². The van der Waals surface area contributed by atoms with Gasteiger partial charge in [-0.2, -0.15) is 0 Å². The van der Waals surface area contributed by atoms with Crippen LogP contribution in [0.5, 0.6) is 0 Å². The highest BCUT2D eigenvalue weighted by Crippen LogP contribution is 2.31. The maximum Gasteiger partial charge on any atom is 0.329 e. The van der Waals surface area contributed by atoms with Gasteiger partial charge in [0.05, 0.1) is 18.2 Å². The summed E-state index contributed by atoms with van der Waals surface area (Å²) in [4.78, 5) is 51.6. The molecule has 0 radical (unpaired) electrons. The molecule has 2 aliphatic heterocycles. The summed E-state index contributed by atoms with van der Waals surface area (Å²) in [5, 5.41) is 11.7. The first-order valence-corrected chi connectivity index (χ1v) is 9.00. The van der Waals surface area contributed by atoms with Gasteiger partial charge in [0.15, 0.2) is 0 Å². The number of benzene rings is 1. The van der Waals surface area contributed by atoms with Crippen molar-refractivity contribution in [3.8, 4) is 0 Å². The third-order valence-corrected chi connectivity index (χ3v) is 5.05. The van der Waals surface area contributed by atoms with Gasteiger partial charge in [-0.05, 0) is 36.1 Å². The number of anilines is 1. The Morgan fingerprint density at radius 2 is 1.86 bits per heavy atom. The second-order valence-corrected chi connectivity index (χ2v) is 7.94. The van der Waals surface area contributed by atoms with E-state index in [0.29, 0.717) is 13.0 Å². The van der Waals surface area contributed by atoms with Crippen LogP contribution in [0.15, 0.2) is 24.3 Å². The molecule has 0 spiro atoms. The maximum atomic E-state index is 13.2. The van der Waals surface area contributed by atoms with Gasteiger partial charge in [0.25, 0.3) is 5.91 Å². The molecule has 2 aliphatic rings. The minimum atomic E-state index is -0.999. The van der Waals surface area contributed by atoms with E-state index in [2.05, 4.69) is 5.32 Å². The second-order valence-electron chi connectivity index (χ2n) is 7.94. The highest BCUT2D eigenvalue weighted by Gasteiger charge is 2.50. The van der Waals surface area contributed by atoms with Crippen LogP contribution in [0.2, 0.25) is 0 Å². The number of hydrogen-bond acceptors (Lipinski definition) is 4. The molecule has 2 fully saturated rings. The van der Waals surface area contributed by atoms with Gasteiger partial charge in [0.2, 0.25) is 5.91 Å². The van der Waals surface area contributed by atoms with E-state index in [1.807, 2.05) is 0 Å². The van der Waals surface area contributed by atoms with Crippen LogP contribution in [0.3, 0.4) is 0 Å². The van der Waals surface area contributed by atoms with Crippen molar-refractivity contribution in [2.45, 2.75) is 45.2 Å². The van der Waals surface area contributed by atoms with Crippen LogP contribution in [0.4, 0.5) is 14.9 Å². The highest BCUT2D eigenvalue weighted by molar-refractivity contribution is 6.19. The lowest BCUT2D eigenvalue weighted by Crippen LogP contribution is -2.65. The Bertz CT molecular complexity index is 823. The predicted molar refractivity (Wildman–Crippen MR) is 97.0 cm³/mol. The normalized spacial score (nSPS) is 22.1. The molecule has 0 aliphatic carbocycles. The summed E-state index contributed by atoms with van der Waals surface area (Å²) in [6.07, 6.45) is 0.234. The average molecular weight is 391 g/mol. The fraction of sp³-hybridized carbons (Fsp3) is 0.474. The number of carboxylic acids is 1. The molecule has 0 bridgehead atoms. The van der Waals surface area contributed by atoms with Gasteiger partial charge in [-0.15, -0.1) is 0 Å². The molecule has 1 aromatic carbocycles. The Morgan fingerprint density at radius 1 is 1.21 bits per heavy atom. The SMILES string of the molecule is CC(C)(CC(=O)O)CC(=O)N1CCC2NC(=O)N(c3ccc(F)cc3)C(=O)C21. The number of carbonyl (C=O) groups is 4. The number of imide groups is 1. The monoisotopic (exact) mass is 391 g/mol. The smallest absolute Gasteiger partial charge is 0.329 e. The summed E-state index contributed by atoms with van der Waals surface area (Å²) in [5.41, 5.74) is -0.550. The summed E-state index contributed by atoms with van der Waals surface area (Å²) in [5.74, 6) is -2.38. The van der Waals surface area contributed by atoms with Crippen molar-refractivity contribution in [3.05, 3.63) is 30.1 Å². The van der Waals surface area contributed by atoms with Gasteiger partial charge in [-0.25, -0.2) is 14.1 Å². The zero-order valence-corrected chi connectivity index (χ0v) is 15.6. The molecule has 0 aromatic heterocycles. The molecule has 3 rings (SSSR count). The van der Waals surface area contributed by atoms with Crippen LogP contribution in [0.1, 0.15) is 33.1 Å². The first kappa shape index (κ1) is 19.8. The summed E-state index contributed by atoms with van der Waals surface area (Å²) in [7, 11) is 0. The molecule has 0 saturated carbocycles. The van der Waals surface area contributed by atoms with Gasteiger partial charge in [0, 0.05) is 13.0 Å². The topological polar surface area (TPSA) is 107 Å². The van der Waals surface area contributed by atoms with E-state index in [-0.39, 0.29) is 24.4 Å². The molecule has 4 amide bonds. The minimum absolute atomic E-state index is 0.0275. The van der Waals surface area contributed by atoms with E-state index in [1.165, 1.54) is 17.0 Å². The molecule has 2 N–H and O–H groups in total. The molecule has 150 valence electrons. The van der Waals surface area contributed by atoms with Crippen molar-refractivity contribution in [1.82, 2.24) is 10.2 Å². The zero-order chi connectivity index (χ0) is 20.6. The molecule has 2 heterocycles. The van der Waals surface area contributed by atoms with E-state index in [0.717, 1.165) is 17.0 Å². The van der Waals surface area contributed by atoms with E-state index in [9.17, 15) is 23.6 Å². The average Bonchev–Trinajstić information content (AvgIpc) is 2.99. The number of likely N-dealkylation sites (tertiary alicyclic amines) is 1. The number of hydrogen-bond donors (Lipinski definition) is 2. The molecule has 9 heteroatoms. The Labute approximate surface area is 161 Å². The van der Waals surface area contributed by atoms with Crippen LogP contribution in [-0.2, 0) is 14.4 Å². The number of fused-ring (bicyclic) bond motifs is 1. The Balaban J connectivity index is 1.81. The molecule has 1 aromatic rings. The molecule has 2 atom stereocenters. The number of nitrogens with zero attached hydrogens (tertiary/aromatic N) is 2. The van der Waals surface area contributed by atoms with Gasteiger partial charge in [-0.1, -0.05) is 13.8 Å². The van der Waals surface area contributed by atoms with Gasteiger partial charge in [0.1, 0.15) is 11.9 Å². The lowest BCUT2D eigenvalue weighted by atomic mass is 9.85. The Morgan fingerprint density at radius 3 is 2.46 bits per heavy atom. The molecular weight excluding hydrogens is 369 g/mol. The fourth-order valence-electron chi connectivity index (χ4n) is 3.80. The highest BCUT2D eigenvalue weighted by atomic mass is 19.1. The molecule has 28 heavy (non-hydrogen) atoms. The van der Waals surface area contributed by atoms with Crippen molar-refractivity contribution in [1.29, 1.82) is 0 Å². The van der Waals surface area contributed by atoms with Gasteiger partial charge in [-0.3, -0.25) is 14.4 Å². The standard InChI is InChI=1S/C19H22FN3O5/c1-19(2,10-15(25)26)9-14(24)22-8-7-13-16(22)17(27)23(18(28)21-13)12-5-3-11(20)4-6-12/h3-6,13,16H,7-10H2,1-2H3,(H,21,28)(H,25,26). The van der Waals surface area contributed by atoms with Crippen molar-refractivity contribution >= 4 is 29.5 Å². The Kier molecular flexibility index (Phi) is 5.10. The minimum Gasteiger partial charge on any atom is -0.481 e. The quantitative estimate of drug-likeness (QED) is 0.795. The van der Waals surface area contributed by atoms with Crippen LogP contribution in [0, 0.1) is 11.2 Å². The first-order valence-electron chi connectivity index (χ1n) is 9.00. The molecular formula is C19H22FN3O5. The number of carboxylic acid groups (broad SMARTS) is 1. The summed E-state index contributed by atoms with van der Waals surface area (Å²) < 4.78 is 13.2. The second kappa shape index (κ2) is 7.21. The molecule has 2 unspecified atom stereocenters. The van der Waals surface area contributed by atoms with Crippen molar-refractivity contribution < 1.29 is 28.7 Å². The van der Waals surface area contributed by atoms with Crippen molar-refractivity contribution in [3.63, 3.8) is 0 Å². The van der Waals surface area contributed by atoms with Crippen LogP contribution < -0.4 is 10.2 Å². The number of halogens is 1. The van der Waals surface area contributed by atoms with E-state index >= 15 is 0 Å². The number of amides is 4. The lowest BCUT2D eigenvalue weighted by Gasteiger charge is -2.37. The fourth-order valence-corrected chi connectivity index (χ4v) is 3.80. The zero-order valence-electron chi connectivity index (χ0n) is 15.6. The number of carbonyl (C=O) groups excluding carboxylic acids is 3. The lowest BCUT2D eigenvalue weighted by molar-refractivity contribution is -0.143. The Hall–Kier alpha value is -2.97. The summed E-state index contributed by atoms with van der Waals surface area (Å²) in [6.45, 7) is 3.66. The molecule has 8 nitrogen and oxygen atoms in total. The number of rotatable bonds is 5. The maximum absolute atomic E-state index is 13.2. The summed E-state index contributed by atoms with van der Waals surface area (Å²) in [6, 6.07) is 2.97. The van der Waals surface area contributed by atoms with E-state index < -0.39 is 41.2 Å². The molecule has 2 saturated heterocycles. The van der Waals surface area contributed by atoms with Crippen LogP contribution in [-0.4, -0.2) is 52.4 Å². The van der Waals surface area contributed by atoms with Crippen LogP contribution in [0.25, 0.3) is 0 Å². The first-order chi connectivity index (χ1) is 13.1. The van der Waals surface area contributed by atoms with E-state index in [4.69, 9.17) is 5.11 Å². The number of nitrogens with one attached hydrogen (secondary N) is 1. The predicted octanol–water partition coefficient (Wildman–Crippen LogP) is 1.74. The summed E-state index contributed by atoms with van der Waals surface area (Å²) >= 11 is 0. The third-order valence-electron chi connectivity index (χ3n) is 5.05. The third kappa shape index (κ3) is 3.83. The number of aliphatic carboxylic acids is 1.